The number of nitrogens with two attached hydrogens (primary N) is 1. The Hall–Kier alpha value is -0.320. The standard InChI is InChI=1S/C11H22N2O2.ClH/c1-11(12)6-4-3-5-9(11)10(14)13-7-8-15-2;/h9H,3-8,12H2,1-2H3,(H,13,14);1H. The summed E-state index contributed by atoms with van der Waals surface area (Å²) in [5.74, 6) is 0.0415. The Bertz CT molecular complexity index is 222. The number of hydrogen-bond acceptors (Lipinski definition) is 3. The summed E-state index contributed by atoms with van der Waals surface area (Å²) >= 11 is 0. The van der Waals surface area contributed by atoms with Gasteiger partial charge in [0.15, 0.2) is 0 Å². The van der Waals surface area contributed by atoms with Crippen molar-refractivity contribution in [1.29, 1.82) is 0 Å². The van der Waals surface area contributed by atoms with E-state index in [-0.39, 0.29) is 29.8 Å². The highest BCUT2D eigenvalue weighted by Gasteiger charge is 2.37. The predicted molar refractivity (Wildman–Crippen MR) is 66.7 cm³/mol. The molecular weight excluding hydrogens is 228 g/mol. The fraction of sp³-hybridized carbons (Fsp3) is 0.909. The minimum atomic E-state index is -0.338. The van der Waals surface area contributed by atoms with Crippen LogP contribution >= 0.6 is 12.4 Å². The summed E-state index contributed by atoms with van der Waals surface area (Å²) in [6, 6.07) is 0. The number of nitrogens with one attached hydrogen (secondary N) is 1. The Morgan fingerprint density at radius 2 is 2.25 bits per heavy atom. The van der Waals surface area contributed by atoms with E-state index in [0.717, 1.165) is 25.7 Å². The molecule has 0 aromatic carbocycles. The SMILES string of the molecule is COCCNC(=O)C1CCCCC1(C)N.Cl. The fourth-order valence-electron chi connectivity index (χ4n) is 2.19. The lowest BCUT2D eigenvalue weighted by atomic mass is 9.74. The van der Waals surface area contributed by atoms with Gasteiger partial charge in [0, 0.05) is 19.2 Å². The largest absolute Gasteiger partial charge is 0.383 e. The van der Waals surface area contributed by atoms with Crippen LogP contribution < -0.4 is 11.1 Å². The van der Waals surface area contributed by atoms with Crippen molar-refractivity contribution in [2.75, 3.05) is 20.3 Å². The molecule has 0 saturated heterocycles. The van der Waals surface area contributed by atoms with Crippen molar-refractivity contribution in [2.45, 2.75) is 38.1 Å². The zero-order valence-corrected chi connectivity index (χ0v) is 10.9. The highest BCUT2D eigenvalue weighted by atomic mass is 35.5. The Kier molecular flexibility index (Phi) is 6.95. The maximum atomic E-state index is 11.8. The monoisotopic (exact) mass is 250 g/mol. The van der Waals surface area contributed by atoms with Crippen LogP contribution in [0.3, 0.4) is 0 Å². The molecule has 0 radical (unpaired) electrons. The summed E-state index contributed by atoms with van der Waals surface area (Å²) in [7, 11) is 1.62. The third-order valence-corrected chi connectivity index (χ3v) is 3.18. The topological polar surface area (TPSA) is 64.3 Å². The molecule has 1 aliphatic rings. The Balaban J connectivity index is 0.00000225. The first-order valence-electron chi connectivity index (χ1n) is 5.63. The van der Waals surface area contributed by atoms with E-state index >= 15 is 0 Å². The van der Waals surface area contributed by atoms with Crippen molar-refractivity contribution >= 4 is 18.3 Å². The van der Waals surface area contributed by atoms with Gasteiger partial charge >= 0.3 is 0 Å². The molecule has 0 aromatic rings. The molecular formula is C11H23ClN2O2. The average Bonchev–Trinajstić information content (AvgIpc) is 2.17. The van der Waals surface area contributed by atoms with E-state index in [4.69, 9.17) is 10.5 Å². The predicted octanol–water partition coefficient (Wildman–Crippen LogP) is 1.08. The molecule has 2 atom stereocenters. The van der Waals surface area contributed by atoms with E-state index in [0.29, 0.717) is 13.2 Å². The average molecular weight is 251 g/mol. The summed E-state index contributed by atoms with van der Waals surface area (Å²) in [5.41, 5.74) is 5.80. The summed E-state index contributed by atoms with van der Waals surface area (Å²) in [5, 5.41) is 2.86. The van der Waals surface area contributed by atoms with Crippen LogP contribution in [0.5, 0.6) is 0 Å². The van der Waals surface area contributed by atoms with Crippen LogP contribution in [0.2, 0.25) is 0 Å². The van der Waals surface area contributed by atoms with Crippen LogP contribution in [0.15, 0.2) is 0 Å². The number of methoxy groups -OCH3 is 1. The molecule has 1 rings (SSSR count). The summed E-state index contributed by atoms with van der Waals surface area (Å²) in [6.07, 6.45) is 4.09. The van der Waals surface area contributed by atoms with Crippen LogP contribution in [-0.4, -0.2) is 31.7 Å². The molecule has 0 aliphatic heterocycles. The minimum absolute atomic E-state index is 0. The molecule has 0 aromatic heterocycles. The van der Waals surface area contributed by atoms with Gasteiger partial charge in [-0.3, -0.25) is 4.79 Å². The molecule has 3 N–H and O–H groups in total. The van der Waals surface area contributed by atoms with Gasteiger partial charge in [0.05, 0.1) is 12.5 Å². The molecule has 5 heteroatoms. The molecule has 96 valence electrons. The lowest BCUT2D eigenvalue weighted by Crippen LogP contribution is -2.53. The third kappa shape index (κ3) is 4.28. The van der Waals surface area contributed by atoms with Gasteiger partial charge < -0.3 is 15.8 Å². The van der Waals surface area contributed by atoms with Gasteiger partial charge in [0.1, 0.15) is 0 Å². The van der Waals surface area contributed by atoms with Gasteiger partial charge in [0.25, 0.3) is 0 Å². The van der Waals surface area contributed by atoms with Crippen LogP contribution in [0.1, 0.15) is 32.6 Å². The van der Waals surface area contributed by atoms with Crippen molar-refractivity contribution < 1.29 is 9.53 Å². The second-order valence-corrected chi connectivity index (χ2v) is 4.59. The Labute approximate surface area is 104 Å². The van der Waals surface area contributed by atoms with Crippen molar-refractivity contribution in [1.82, 2.24) is 5.32 Å². The van der Waals surface area contributed by atoms with Crippen molar-refractivity contribution in [3.05, 3.63) is 0 Å². The van der Waals surface area contributed by atoms with Gasteiger partial charge in [-0.25, -0.2) is 0 Å². The Morgan fingerprint density at radius 3 is 2.81 bits per heavy atom. The quantitative estimate of drug-likeness (QED) is 0.734. The second-order valence-electron chi connectivity index (χ2n) is 4.59. The molecule has 16 heavy (non-hydrogen) atoms. The van der Waals surface area contributed by atoms with Crippen LogP contribution in [0, 0.1) is 5.92 Å². The van der Waals surface area contributed by atoms with Crippen LogP contribution in [-0.2, 0) is 9.53 Å². The molecule has 1 fully saturated rings. The number of rotatable bonds is 4. The van der Waals surface area contributed by atoms with E-state index in [9.17, 15) is 4.79 Å². The van der Waals surface area contributed by atoms with E-state index in [2.05, 4.69) is 5.32 Å². The van der Waals surface area contributed by atoms with Crippen molar-refractivity contribution in [3.63, 3.8) is 0 Å². The molecule has 1 aliphatic carbocycles. The fourth-order valence-corrected chi connectivity index (χ4v) is 2.19. The number of amides is 1. The van der Waals surface area contributed by atoms with E-state index in [1.54, 1.807) is 7.11 Å². The zero-order valence-electron chi connectivity index (χ0n) is 10.1. The highest BCUT2D eigenvalue weighted by molar-refractivity contribution is 5.85. The lowest BCUT2D eigenvalue weighted by molar-refractivity contribution is -0.128. The lowest BCUT2D eigenvalue weighted by Gasteiger charge is -2.37. The molecule has 4 nitrogen and oxygen atoms in total. The second kappa shape index (κ2) is 7.09. The number of hydrogen-bond donors (Lipinski definition) is 2. The van der Waals surface area contributed by atoms with Crippen molar-refractivity contribution in [3.8, 4) is 0 Å². The maximum Gasteiger partial charge on any atom is 0.225 e. The highest BCUT2D eigenvalue weighted by Crippen LogP contribution is 2.31. The smallest absolute Gasteiger partial charge is 0.225 e. The Morgan fingerprint density at radius 1 is 1.56 bits per heavy atom. The van der Waals surface area contributed by atoms with E-state index in [1.807, 2.05) is 6.92 Å². The summed E-state index contributed by atoms with van der Waals surface area (Å²) in [4.78, 5) is 11.8. The van der Waals surface area contributed by atoms with Crippen LogP contribution in [0.4, 0.5) is 0 Å². The summed E-state index contributed by atoms with van der Waals surface area (Å²) in [6.45, 7) is 3.11. The van der Waals surface area contributed by atoms with Gasteiger partial charge in [-0.1, -0.05) is 12.8 Å². The van der Waals surface area contributed by atoms with E-state index < -0.39 is 0 Å². The molecule has 2 unspecified atom stereocenters. The molecule has 1 saturated carbocycles. The van der Waals surface area contributed by atoms with Gasteiger partial charge in [-0.15, -0.1) is 12.4 Å². The van der Waals surface area contributed by atoms with Gasteiger partial charge in [0.2, 0.25) is 5.91 Å². The molecule has 0 spiro atoms. The van der Waals surface area contributed by atoms with Gasteiger partial charge in [-0.05, 0) is 19.8 Å². The normalized spacial score (nSPS) is 29.3. The minimum Gasteiger partial charge on any atom is -0.383 e. The third-order valence-electron chi connectivity index (χ3n) is 3.18. The molecule has 0 bridgehead atoms. The number of carbonyl (C=O) groups excluding carboxylic acids is 1. The number of carbonyl (C=O) groups is 1. The number of ether oxygens (including phenoxy) is 1. The first kappa shape index (κ1) is 15.7. The van der Waals surface area contributed by atoms with E-state index in [1.165, 1.54) is 0 Å². The molecule has 0 heterocycles. The first-order chi connectivity index (χ1) is 7.08. The number of halogens is 1. The van der Waals surface area contributed by atoms with Crippen molar-refractivity contribution in [2.24, 2.45) is 11.7 Å². The van der Waals surface area contributed by atoms with Crippen LogP contribution in [0.25, 0.3) is 0 Å². The van der Waals surface area contributed by atoms with Gasteiger partial charge in [-0.2, -0.15) is 0 Å². The first-order valence-corrected chi connectivity index (χ1v) is 5.63. The maximum absolute atomic E-state index is 11.8. The summed E-state index contributed by atoms with van der Waals surface area (Å²) < 4.78 is 4.89. The zero-order chi connectivity index (χ0) is 11.3. The molecule has 1 amide bonds.